The predicted molar refractivity (Wildman–Crippen MR) is 74.5 cm³/mol. The molecule has 0 aliphatic rings. The Balaban J connectivity index is 3.52. The van der Waals surface area contributed by atoms with Crippen LogP contribution in [0.2, 0.25) is 0 Å². The highest BCUT2D eigenvalue weighted by atomic mass is 16.1. The first-order chi connectivity index (χ1) is 8.27. The SMILES string of the molecule is CCCCCCC=CC=CC=CC=CC(N)=O. The molecule has 0 unspecified atom stereocenters. The maximum absolute atomic E-state index is 10.4. The molecule has 94 valence electrons. The predicted octanol–water partition coefficient (Wildman–Crippen LogP) is 3.67. The van der Waals surface area contributed by atoms with Gasteiger partial charge in [-0.25, -0.2) is 0 Å². The molecule has 0 aromatic rings. The highest BCUT2D eigenvalue weighted by molar-refractivity contribution is 5.85. The lowest BCUT2D eigenvalue weighted by Gasteiger charge is -1.92. The molecule has 0 rings (SSSR count). The molecule has 0 heterocycles. The van der Waals surface area contributed by atoms with Crippen molar-refractivity contribution in [2.24, 2.45) is 5.73 Å². The number of amides is 1. The van der Waals surface area contributed by atoms with Gasteiger partial charge < -0.3 is 5.73 Å². The van der Waals surface area contributed by atoms with Crippen molar-refractivity contribution in [1.82, 2.24) is 0 Å². The average Bonchev–Trinajstić information content (AvgIpc) is 2.30. The van der Waals surface area contributed by atoms with Gasteiger partial charge in [0, 0.05) is 6.08 Å². The summed E-state index contributed by atoms with van der Waals surface area (Å²) in [5.74, 6) is -0.425. The minimum Gasteiger partial charge on any atom is -0.366 e. The van der Waals surface area contributed by atoms with Crippen molar-refractivity contribution in [3.05, 3.63) is 48.6 Å². The van der Waals surface area contributed by atoms with Gasteiger partial charge in [-0.1, -0.05) is 68.7 Å². The van der Waals surface area contributed by atoms with E-state index in [1.807, 2.05) is 24.3 Å². The molecular weight excluding hydrogens is 210 g/mol. The molecule has 0 atom stereocenters. The third kappa shape index (κ3) is 14.4. The van der Waals surface area contributed by atoms with Crippen LogP contribution in [0.5, 0.6) is 0 Å². The van der Waals surface area contributed by atoms with E-state index < -0.39 is 5.91 Å². The number of allylic oxidation sites excluding steroid dienone is 7. The van der Waals surface area contributed by atoms with E-state index in [2.05, 4.69) is 13.0 Å². The van der Waals surface area contributed by atoms with Crippen LogP contribution in [0.3, 0.4) is 0 Å². The molecule has 1 amide bonds. The molecule has 0 spiro atoms. The topological polar surface area (TPSA) is 43.1 Å². The summed E-state index contributed by atoms with van der Waals surface area (Å²) in [6.07, 6.45) is 21.1. The zero-order chi connectivity index (χ0) is 12.8. The van der Waals surface area contributed by atoms with E-state index in [1.165, 1.54) is 31.8 Å². The normalized spacial score (nSPS) is 12.5. The molecule has 2 N–H and O–H groups in total. The Bertz CT molecular complexity index is 298. The van der Waals surface area contributed by atoms with Gasteiger partial charge in [0.05, 0.1) is 0 Å². The van der Waals surface area contributed by atoms with Crippen molar-refractivity contribution < 1.29 is 4.79 Å². The molecule has 0 aliphatic carbocycles. The summed E-state index contributed by atoms with van der Waals surface area (Å²) in [6.45, 7) is 2.22. The second kappa shape index (κ2) is 12.5. The molecule has 0 bridgehead atoms. The largest absolute Gasteiger partial charge is 0.366 e. The van der Waals surface area contributed by atoms with Crippen molar-refractivity contribution in [3.8, 4) is 0 Å². The highest BCUT2D eigenvalue weighted by Crippen LogP contribution is 2.02. The van der Waals surface area contributed by atoms with Crippen LogP contribution in [0.1, 0.15) is 39.0 Å². The Kier molecular flexibility index (Phi) is 11.3. The Morgan fingerprint density at radius 3 is 2.24 bits per heavy atom. The minimum atomic E-state index is -0.425. The lowest BCUT2D eigenvalue weighted by atomic mass is 10.1. The summed E-state index contributed by atoms with van der Waals surface area (Å²) >= 11 is 0. The van der Waals surface area contributed by atoms with Crippen molar-refractivity contribution in [2.75, 3.05) is 0 Å². The standard InChI is InChI=1S/C15H23NO/c1-2-3-4-5-6-7-8-9-10-11-12-13-14-15(16)17/h7-14H,2-6H2,1H3,(H2,16,17). The lowest BCUT2D eigenvalue weighted by molar-refractivity contribution is -0.113. The van der Waals surface area contributed by atoms with Gasteiger partial charge in [-0.15, -0.1) is 0 Å². The molecule has 0 saturated heterocycles. The maximum Gasteiger partial charge on any atom is 0.241 e. The number of nitrogens with two attached hydrogens (primary N) is 1. The van der Waals surface area contributed by atoms with Gasteiger partial charge >= 0.3 is 0 Å². The minimum absolute atomic E-state index is 0.425. The zero-order valence-electron chi connectivity index (χ0n) is 10.6. The summed E-state index contributed by atoms with van der Waals surface area (Å²) < 4.78 is 0. The van der Waals surface area contributed by atoms with Crippen molar-refractivity contribution >= 4 is 5.91 Å². The molecule has 0 radical (unpaired) electrons. The summed E-state index contributed by atoms with van der Waals surface area (Å²) in [4.78, 5) is 10.4. The molecule has 0 aromatic carbocycles. The Hall–Kier alpha value is -1.57. The molecule has 2 heteroatoms. The van der Waals surface area contributed by atoms with Gasteiger partial charge in [0.25, 0.3) is 0 Å². The van der Waals surface area contributed by atoms with Crippen LogP contribution in [-0.2, 0) is 4.79 Å². The Labute approximate surface area is 105 Å². The second-order valence-corrected chi connectivity index (χ2v) is 3.81. The van der Waals surface area contributed by atoms with E-state index >= 15 is 0 Å². The Morgan fingerprint density at radius 2 is 1.59 bits per heavy atom. The fourth-order valence-corrected chi connectivity index (χ4v) is 1.27. The summed E-state index contributed by atoms with van der Waals surface area (Å²) in [5, 5.41) is 0. The molecule has 0 fully saturated rings. The number of hydrogen-bond donors (Lipinski definition) is 1. The molecule has 0 saturated carbocycles. The monoisotopic (exact) mass is 233 g/mol. The quantitative estimate of drug-likeness (QED) is 0.368. The first kappa shape index (κ1) is 15.4. The zero-order valence-corrected chi connectivity index (χ0v) is 10.6. The van der Waals surface area contributed by atoms with Crippen LogP contribution >= 0.6 is 0 Å². The van der Waals surface area contributed by atoms with Gasteiger partial charge in [0.15, 0.2) is 0 Å². The van der Waals surface area contributed by atoms with Gasteiger partial charge in [-0.05, 0) is 12.8 Å². The molecule has 0 aliphatic heterocycles. The molecule has 2 nitrogen and oxygen atoms in total. The number of carbonyl (C=O) groups excluding carboxylic acids is 1. The van der Waals surface area contributed by atoms with E-state index in [9.17, 15) is 4.79 Å². The first-order valence-electron chi connectivity index (χ1n) is 6.23. The number of unbranched alkanes of at least 4 members (excludes halogenated alkanes) is 4. The lowest BCUT2D eigenvalue weighted by Crippen LogP contribution is -2.04. The van der Waals surface area contributed by atoms with E-state index in [0.29, 0.717) is 0 Å². The van der Waals surface area contributed by atoms with E-state index in [-0.39, 0.29) is 0 Å². The van der Waals surface area contributed by atoms with Crippen LogP contribution in [0, 0.1) is 0 Å². The number of primary amides is 1. The smallest absolute Gasteiger partial charge is 0.241 e. The van der Waals surface area contributed by atoms with Gasteiger partial charge in [0.2, 0.25) is 5.91 Å². The van der Waals surface area contributed by atoms with Gasteiger partial charge in [0.1, 0.15) is 0 Å². The van der Waals surface area contributed by atoms with Crippen molar-refractivity contribution in [1.29, 1.82) is 0 Å². The number of hydrogen-bond acceptors (Lipinski definition) is 1. The van der Waals surface area contributed by atoms with Gasteiger partial charge in [-0.3, -0.25) is 4.79 Å². The fraction of sp³-hybridized carbons (Fsp3) is 0.400. The number of rotatable bonds is 9. The average molecular weight is 233 g/mol. The second-order valence-electron chi connectivity index (χ2n) is 3.81. The summed E-state index contributed by atoms with van der Waals surface area (Å²) in [6, 6.07) is 0. The van der Waals surface area contributed by atoms with Crippen LogP contribution < -0.4 is 5.73 Å². The maximum atomic E-state index is 10.4. The number of carbonyl (C=O) groups is 1. The van der Waals surface area contributed by atoms with Gasteiger partial charge in [-0.2, -0.15) is 0 Å². The van der Waals surface area contributed by atoms with Crippen LogP contribution in [0.4, 0.5) is 0 Å². The van der Waals surface area contributed by atoms with Crippen molar-refractivity contribution in [2.45, 2.75) is 39.0 Å². The first-order valence-corrected chi connectivity index (χ1v) is 6.23. The van der Waals surface area contributed by atoms with E-state index in [1.54, 1.807) is 12.2 Å². The third-order valence-electron chi connectivity index (χ3n) is 2.18. The van der Waals surface area contributed by atoms with E-state index in [4.69, 9.17) is 5.73 Å². The molecular formula is C15H23NO. The molecule has 0 aromatic heterocycles. The van der Waals surface area contributed by atoms with Crippen LogP contribution in [0.25, 0.3) is 0 Å². The molecule has 17 heavy (non-hydrogen) atoms. The third-order valence-corrected chi connectivity index (χ3v) is 2.18. The fourth-order valence-electron chi connectivity index (χ4n) is 1.27. The van der Waals surface area contributed by atoms with Crippen molar-refractivity contribution in [3.63, 3.8) is 0 Å². The van der Waals surface area contributed by atoms with E-state index in [0.717, 1.165) is 6.42 Å². The highest BCUT2D eigenvalue weighted by Gasteiger charge is 1.82. The van der Waals surface area contributed by atoms with Crippen LogP contribution in [0.15, 0.2) is 48.6 Å². The Morgan fingerprint density at radius 1 is 0.941 bits per heavy atom. The van der Waals surface area contributed by atoms with Crippen LogP contribution in [-0.4, -0.2) is 5.91 Å². The summed E-state index contributed by atoms with van der Waals surface area (Å²) in [5.41, 5.74) is 4.93. The summed E-state index contributed by atoms with van der Waals surface area (Å²) in [7, 11) is 0.